The van der Waals surface area contributed by atoms with Crippen molar-refractivity contribution in [2.75, 3.05) is 25.1 Å². The number of thiophene rings is 1. The van der Waals surface area contributed by atoms with Crippen molar-refractivity contribution in [2.45, 2.75) is 13.3 Å². The van der Waals surface area contributed by atoms with Crippen molar-refractivity contribution in [3.63, 3.8) is 0 Å². The van der Waals surface area contributed by atoms with E-state index in [1.165, 1.54) is 4.88 Å². The van der Waals surface area contributed by atoms with E-state index in [1.54, 1.807) is 30.5 Å². The van der Waals surface area contributed by atoms with Gasteiger partial charge in [-0.2, -0.15) is 0 Å². The van der Waals surface area contributed by atoms with Gasteiger partial charge in [-0.1, -0.05) is 6.07 Å². The van der Waals surface area contributed by atoms with E-state index in [0.717, 1.165) is 18.8 Å². The summed E-state index contributed by atoms with van der Waals surface area (Å²) in [5.41, 5.74) is 0.488. The van der Waals surface area contributed by atoms with E-state index < -0.39 is 0 Å². The van der Waals surface area contributed by atoms with Gasteiger partial charge in [0.15, 0.2) is 0 Å². The Hall–Kier alpha value is -1.88. The van der Waals surface area contributed by atoms with E-state index in [2.05, 4.69) is 27.4 Å². The molecule has 0 radical (unpaired) electrons. The number of ether oxygens (including phenoxy) is 1. The van der Waals surface area contributed by atoms with Gasteiger partial charge in [0.05, 0.1) is 12.2 Å². The minimum absolute atomic E-state index is 0.326. The zero-order valence-electron chi connectivity index (χ0n) is 11.7. The molecule has 0 unspecified atom stereocenters. The Morgan fingerprint density at radius 1 is 1.40 bits per heavy atom. The van der Waals surface area contributed by atoms with Crippen LogP contribution in [0.3, 0.4) is 0 Å². The van der Waals surface area contributed by atoms with Gasteiger partial charge in [0.2, 0.25) is 0 Å². The highest BCUT2D eigenvalue weighted by Gasteiger charge is 2.08. The number of hydrogen-bond acceptors (Lipinski definition) is 5. The summed E-state index contributed by atoms with van der Waals surface area (Å²) in [7, 11) is 2.00. The molecule has 0 aromatic carbocycles. The lowest BCUT2D eigenvalue weighted by Crippen LogP contribution is -2.21. The predicted molar refractivity (Wildman–Crippen MR) is 81.5 cm³/mol. The van der Waals surface area contributed by atoms with Crippen molar-refractivity contribution in [2.24, 2.45) is 0 Å². The van der Waals surface area contributed by atoms with E-state index in [0.29, 0.717) is 12.2 Å². The van der Waals surface area contributed by atoms with Crippen molar-refractivity contribution in [1.82, 2.24) is 4.98 Å². The number of carbonyl (C=O) groups excluding carboxylic acids is 1. The Bertz CT molecular complexity index is 538. The van der Waals surface area contributed by atoms with Crippen LogP contribution in [0.5, 0.6) is 0 Å². The quantitative estimate of drug-likeness (QED) is 0.767. The molecular formula is C15H18N2O2S. The van der Waals surface area contributed by atoms with Crippen molar-refractivity contribution >= 4 is 23.1 Å². The number of aromatic nitrogens is 1. The molecule has 0 amide bonds. The van der Waals surface area contributed by atoms with Gasteiger partial charge in [0, 0.05) is 24.7 Å². The van der Waals surface area contributed by atoms with Crippen LogP contribution >= 0.6 is 11.3 Å². The van der Waals surface area contributed by atoms with Crippen molar-refractivity contribution < 1.29 is 9.53 Å². The zero-order valence-corrected chi connectivity index (χ0v) is 12.5. The first-order valence-corrected chi connectivity index (χ1v) is 7.45. The molecule has 106 valence electrons. The van der Waals surface area contributed by atoms with Crippen LogP contribution in [0, 0.1) is 0 Å². The normalized spacial score (nSPS) is 10.3. The molecule has 4 nitrogen and oxygen atoms in total. The Labute approximate surface area is 123 Å². The fourth-order valence-electron chi connectivity index (χ4n) is 1.79. The molecule has 0 N–H and O–H groups in total. The molecule has 0 bridgehead atoms. The van der Waals surface area contributed by atoms with Gasteiger partial charge in [-0.05, 0) is 36.9 Å². The van der Waals surface area contributed by atoms with Gasteiger partial charge < -0.3 is 9.64 Å². The summed E-state index contributed by atoms with van der Waals surface area (Å²) >= 11 is 1.76. The highest BCUT2D eigenvalue weighted by atomic mass is 32.1. The lowest BCUT2D eigenvalue weighted by Gasteiger charge is -2.17. The van der Waals surface area contributed by atoms with Gasteiger partial charge in [0.1, 0.15) is 5.82 Å². The van der Waals surface area contributed by atoms with E-state index in [9.17, 15) is 4.79 Å². The molecule has 0 saturated carbocycles. The van der Waals surface area contributed by atoms with E-state index in [1.807, 2.05) is 13.1 Å². The van der Waals surface area contributed by atoms with Gasteiger partial charge in [0.25, 0.3) is 0 Å². The van der Waals surface area contributed by atoms with Crippen LogP contribution in [0.1, 0.15) is 22.2 Å². The standard InChI is InChI=1S/C15H18N2O2S/c1-3-19-15(18)12-6-7-14(16-11-12)17(2)9-8-13-5-4-10-20-13/h4-7,10-11H,3,8-9H2,1-2H3. The molecule has 2 aromatic rings. The first-order valence-electron chi connectivity index (χ1n) is 6.57. The summed E-state index contributed by atoms with van der Waals surface area (Å²) in [4.78, 5) is 19.3. The Kier molecular flexibility index (Phi) is 5.12. The number of esters is 1. The van der Waals surface area contributed by atoms with Crippen LogP contribution in [0.2, 0.25) is 0 Å². The molecule has 2 heterocycles. The molecular weight excluding hydrogens is 272 g/mol. The monoisotopic (exact) mass is 290 g/mol. The Morgan fingerprint density at radius 2 is 2.25 bits per heavy atom. The predicted octanol–water partition coefficient (Wildman–Crippen LogP) is 3.00. The molecule has 0 aliphatic rings. The first-order chi connectivity index (χ1) is 9.70. The molecule has 0 fully saturated rings. The van der Waals surface area contributed by atoms with E-state index >= 15 is 0 Å². The molecule has 20 heavy (non-hydrogen) atoms. The Balaban J connectivity index is 1.93. The van der Waals surface area contributed by atoms with Crippen LogP contribution in [-0.2, 0) is 11.2 Å². The largest absolute Gasteiger partial charge is 0.462 e. The summed E-state index contributed by atoms with van der Waals surface area (Å²) in [6.07, 6.45) is 2.56. The SMILES string of the molecule is CCOC(=O)c1ccc(N(C)CCc2cccs2)nc1. The third-order valence-electron chi connectivity index (χ3n) is 2.92. The number of hydrogen-bond donors (Lipinski definition) is 0. The zero-order chi connectivity index (χ0) is 14.4. The molecule has 2 aromatic heterocycles. The minimum Gasteiger partial charge on any atom is -0.462 e. The molecule has 2 rings (SSSR count). The summed E-state index contributed by atoms with van der Waals surface area (Å²) in [5.74, 6) is 0.530. The number of rotatable bonds is 6. The minimum atomic E-state index is -0.326. The summed E-state index contributed by atoms with van der Waals surface area (Å²) < 4.78 is 4.93. The van der Waals surface area contributed by atoms with Crippen LogP contribution in [0.15, 0.2) is 35.8 Å². The third-order valence-corrected chi connectivity index (χ3v) is 3.86. The lowest BCUT2D eigenvalue weighted by molar-refractivity contribution is 0.0526. The fraction of sp³-hybridized carbons (Fsp3) is 0.333. The smallest absolute Gasteiger partial charge is 0.339 e. The molecule has 0 aliphatic carbocycles. The van der Waals surface area contributed by atoms with Crippen LogP contribution in [-0.4, -0.2) is 31.2 Å². The maximum atomic E-state index is 11.5. The lowest BCUT2D eigenvalue weighted by atomic mass is 10.2. The molecule has 0 saturated heterocycles. The highest BCUT2D eigenvalue weighted by Crippen LogP contribution is 2.13. The number of nitrogens with zero attached hydrogens (tertiary/aromatic N) is 2. The second-order valence-corrected chi connectivity index (χ2v) is 5.41. The summed E-state index contributed by atoms with van der Waals surface area (Å²) in [6, 6.07) is 7.80. The second kappa shape index (κ2) is 7.05. The maximum Gasteiger partial charge on any atom is 0.339 e. The number of anilines is 1. The molecule has 0 spiro atoms. The third kappa shape index (κ3) is 3.81. The number of pyridine rings is 1. The first kappa shape index (κ1) is 14.5. The van der Waals surface area contributed by atoms with Gasteiger partial charge in [-0.25, -0.2) is 9.78 Å². The van der Waals surface area contributed by atoms with Crippen LogP contribution < -0.4 is 4.90 Å². The Morgan fingerprint density at radius 3 is 2.85 bits per heavy atom. The average Bonchev–Trinajstić information content (AvgIpc) is 2.98. The van der Waals surface area contributed by atoms with Crippen molar-refractivity contribution in [1.29, 1.82) is 0 Å². The van der Waals surface area contributed by atoms with E-state index in [4.69, 9.17) is 4.74 Å². The van der Waals surface area contributed by atoms with Gasteiger partial charge in [-0.15, -0.1) is 11.3 Å². The number of carbonyl (C=O) groups is 1. The summed E-state index contributed by atoms with van der Waals surface area (Å²) in [5, 5.41) is 2.09. The average molecular weight is 290 g/mol. The van der Waals surface area contributed by atoms with Crippen molar-refractivity contribution in [3.05, 3.63) is 46.3 Å². The molecule has 5 heteroatoms. The van der Waals surface area contributed by atoms with E-state index in [-0.39, 0.29) is 5.97 Å². The van der Waals surface area contributed by atoms with Gasteiger partial charge in [-0.3, -0.25) is 0 Å². The highest BCUT2D eigenvalue weighted by molar-refractivity contribution is 7.09. The van der Waals surface area contributed by atoms with Crippen LogP contribution in [0.25, 0.3) is 0 Å². The second-order valence-electron chi connectivity index (χ2n) is 4.38. The number of likely N-dealkylation sites (N-methyl/N-ethyl adjacent to an activating group) is 1. The fourth-order valence-corrected chi connectivity index (χ4v) is 2.49. The van der Waals surface area contributed by atoms with Gasteiger partial charge >= 0.3 is 5.97 Å². The van der Waals surface area contributed by atoms with Crippen LogP contribution in [0.4, 0.5) is 5.82 Å². The molecule has 0 atom stereocenters. The van der Waals surface area contributed by atoms with Crippen molar-refractivity contribution in [3.8, 4) is 0 Å². The molecule has 0 aliphatic heterocycles. The summed E-state index contributed by atoms with van der Waals surface area (Å²) in [6.45, 7) is 3.06. The maximum absolute atomic E-state index is 11.5. The topological polar surface area (TPSA) is 42.4 Å².